The van der Waals surface area contributed by atoms with Gasteiger partial charge in [-0.2, -0.15) is 5.10 Å². The molecule has 0 amide bonds. The van der Waals surface area contributed by atoms with Gasteiger partial charge in [0.1, 0.15) is 11.6 Å². The van der Waals surface area contributed by atoms with Crippen LogP contribution in [0.2, 0.25) is 0 Å². The molecule has 0 saturated heterocycles. The van der Waals surface area contributed by atoms with Crippen molar-refractivity contribution in [1.82, 2.24) is 29.3 Å². The second-order valence-corrected chi connectivity index (χ2v) is 4.90. The van der Waals surface area contributed by atoms with Crippen LogP contribution in [-0.2, 0) is 13.1 Å². The Hall–Kier alpha value is -2.57. The number of aryl methyl sites for hydroxylation is 4. The molecule has 108 valence electrons. The normalized spacial score (nSPS) is 11.1. The molecule has 0 saturated carbocycles. The molecule has 0 atom stereocenters. The lowest BCUT2D eigenvalue weighted by molar-refractivity contribution is 0.507. The molecule has 3 aromatic rings. The molecule has 0 radical (unpaired) electrons. The van der Waals surface area contributed by atoms with Gasteiger partial charge in [0.25, 0.3) is 5.56 Å². The van der Waals surface area contributed by atoms with Crippen molar-refractivity contribution in [3.8, 4) is 0 Å². The summed E-state index contributed by atoms with van der Waals surface area (Å²) in [6.45, 7) is 5.11. The second kappa shape index (κ2) is 5.43. The minimum Gasteiger partial charge on any atom is -0.299 e. The molecule has 0 bridgehead atoms. The molecular formula is C14H16N6O. The standard InChI is InChI=1S/C14H16N6O/c1-10-17-11(2)20(18-10)8-4-7-19-9-16-13-12(14(19)21)5-3-6-15-13/h3,5-6,9H,4,7-8H2,1-2H3. The molecule has 0 fully saturated rings. The van der Waals surface area contributed by atoms with Crippen molar-refractivity contribution in [2.45, 2.75) is 33.4 Å². The van der Waals surface area contributed by atoms with Gasteiger partial charge in [-0.1, -0.05) is 0 Å². The summed E-state index contributed by atoms with van der Waals surface area (Å²) >= 11 is 0. The fourth-order valence-electron chi connectivity index (χ4n) is 2.32. The Bertz CT molecular complexity index is 835. The molecule has 0 N–H and O–H groups in total. The van der Waals surface area contributed by atoms with Crippen LogP contribution in [0, 0.1) is 13.8 Å². The van der Waals surface area contributed by atoms with Crippen LogP contribution in [0.3, 0.4) is 0 Å². The van der Waals surface area contributed by atoms with Gasteiger partial charge >= 0.3 is 0 Å². The Morgan fingerprint density at radius 3 is 2.81 bits per heavy atom. The predicted molar refractivity (Wildman–Crippen MR) is 77.9 cm³/mol. The monoisotopic (exact) mass is 284 g/mol. The summed E-state index contributed by atoms with van der Waals surface area (Å²) in [4.78, 5) is 24.8. The van der Waals surface area contributed by atoms with Crippen molar-refractivity contribution >= 4 is 11.0 Å². The maximum atomic E-state index is 12.3. The lowest BCUT2D eigenvalue weighted by Gasteiger charge is -2.06. The first-order valence-corrected chi connectivity index (χ1v) is 6.83. The number of fused-ring (bicyclic) bond motifs is 1. The van der Waals surface area contributed by atoms with Gasteiger partial charge in [-0.25, -0.2) is 15.0 Å². The summed E-state index contributed by atoms with van der Waals surface area (Å²) < 4.78 is 3.47. The molecule has 3 rings (SSSR count). The van der Waals surface area contributed by atoms with E-state index in [4.69, 9.17) is 0 Å². The fourth-order valence-corrected chi connectivity index (χ4v) is 2.32. The highest BCUT2D eigenvalue weighted by Gasteiger charge is 2.05. The van der Waals surface area contributed by atoms with E-state index in [1.165, 1.54) is 0 Å². The molecule has 0 aliphatic rings. The van der Waals surface area contributed by atoms with E-state index in [9.17, 15) is 4.79 Å². The first-order chi connectivity index (χ1) is 10.1. The largest absolute Gasteiger partial charge is 0.299 e. The van der Waals surface area contributed by atoms with Gasteiger partial charge in [0.2, 0.25) is 0 Å². The molecule has 0 aliphatic heterocycles. The number of hydrogen-bond acceptors (Lipinski definition) is 5. The quantitative estimate of drug-likeness (QED) is 0.716. The highest BCUT2D eigenvalue weighted by molar-refractivity contribution is 5.72. The topological polar surface area (TPSA) is 78.5 Å². The minimum atomic E-state index is -0.0559. The van der Waals surface area contributed by atoms with Gasteiger partial charge in [0, 0.05) is 19.3 Å². The Kier molecular flexibility index (Phi) is 3.47. The summed E-state index contributed by atoms with van der Waals surface area (Å²) in [5.74, 6) is 1.66. The lowest BCUT2D eigenvalue weighted by atomic mass is 10.3. The van der Waals surface area contributed by atoms with Crippen LogP contribution in [0.1, 0.15) is 18.1 Å². The summed E-state index contributed by atoms with van der Waals surface area (Å²) in [6.07, 6.45) is 3.98. The number of nitrogens with zero attached hydrogens (tertiary/aromatic N) is 6. The molecule has 3 heterocycles. The summed E-state index contributed by atoms with van der Waals surface area (Å²) in [7, 11) is 0. The van der Waals surface area contributed by atoms with Crippen molar-refractivity contribution in [2.24, 2.45) is 0 Å². The molecule has 7 nitrogen and oxygen atoms in total. The molecule has 7 heteroatoms. The predicted octanol–water partition coefficient (Wildman–Crippen LogP) is 1.09. The third-order valence-electron chi connectivity index (χ3n) is 3.33. The second-order valence-electron chi connectivity index (χ2n) is 4.90. The van der Waals surface area contributed by atoms with Crippen molar-refractivity contribution < 1.29 is 0 Å². The van der Waals surface area contributed by atoms with Gasteiger partial charge in [-0.05, 0) is 32.4 Å². The number of hydrogen-bond donors (Lipinski definition) is 0. The van der Waals surface area contributed by atoms with E-state index in [0.717, 1.165) is 24.6 Å². The molecule has 3 aromatic heterocycles. The zero-order valence-electron chi connectivity index (χ0n) is 12.0. The Morgan fingerprint density at radius 1 is 1.19 bits per heavy atom. The van der Waals surface area contributed by atoms with Crippen LogP contribution in [-0.4, -0.2) is 29.3 Å². The van der Waals surface area contributed by atoms with E-state index < -0.39 is 0 Å². The van der Waals surface area contributed by atoms with E-state index >= 15 is 0 Å². The zero-order valence-corrected chi connectivity index (χ0v) is 12.0. The molecule has 0 aliphatic carbocycles. The van der Waals surface area contributed by atoms with E-state index in [1.807, 2.05) is 18.5 Å². The first kappa shape index (κ1) is 13.4. The lowest BCUT2D eigenvalue weighted by Crippen LogP contribution is -2.21. The van der Waals surface area contributed by atoms with Crippen LogP contribution < -0.4 is 5.56 Å². The average Bonchev–Trinajstić information content (AvgIpc) is 2.80. The maximum Gasteiger partial charge on any atom is 0.262 e. The minimum absolute atomic E-state index is 0.0559. The van der Waals surface area contributed by atoms with Crippen LogP contribution >= 0.6 is 0 Å². The highest BCUT2D eigenvalue weighted by atomic mass is 16.1. The van der Waals surface area contributed by atoms with Crippen LogP contribution in [0.25, 0.3) is 11.0 Å². The van der Waals surface area contributed by atoms with Crippen LogP contribution in [0.15, 0.2) is 29.5 Å². The third kappa shape index (κ3) is 2.67. The maximum absolute atomic E-state index is 12.3. The van der Waals surface area contributed by atoms with Crippen molar-refractivity contribution in [2.75, 3.05) is 0 Å². The SMILES string of the molecule is Cc1nc(C)n(CCCn2cnc3ncccc3c2=O)n1. The van der Waals surface area contributed by atoms with Crippen molar-refractivity contribution in [1.29, 1.82) is 0 Å². The van der Waals surface area contributed by atoms with E-state index in [0.29, 0.717) is 17.6 Å². The van der Waals surface area contributed by atoms with Crippen molar-refractivity contribution in [3.05, 3.63) is 46.7 Å². The van der Waals surface area contributed by atoms with E-state index in [2.05, 4.69) is 20.1 Å². The average molecular weight is 284 g/mol. The van der Waals surface area contributed by atoms with E-state index in [1.54, 1.807) is 29.2 Å². The van der Waals surface area contributed by atoms with E-state index in [-0.39, 0.29) is 5.56 Å². The summed E-state index contributed by atoms with van der Waals surface area (Å²) in [5, 5.41) is 4.86. The molecule has 21 heavy (non-hydrogen) atoms. The fraction of sp³-hybridized carbons (Fsp3) is 0.357. The summed E-state index contributed by atoms with van der Waals surface area (Å²) in [6, 6.07) is 3.50. The van der Waals surface area contributed by atoms with Crippen LogP contribution in [0.5, 0.6) is 0 Å². The first-order valence-electron chi connectivity index (χ1n) is 6.83. The number of aromatic nitrogens is 6. The van der Waals surface area contributed by atoms with Gasteiger partial charge in [-0.3, -0.25) is 14.0 Å². The third-order valence-corrected chi connectivity index (χ3v) is 3.33. The molecule has 0 unspecified atom stereocenters. The number of rotatable bonds is 4. The molecule has 0 spiro atoms. The van der Waals surface area contributed by atoms with Gasteiger partial charge in [0.05, 0.1) is 11.7 Å². The van der Waals surface area contributed by atoms with Gasteiger partial charge in [0.15, 0.2) is 5.65 Å². The smallest absolute Gasteiger partial charge is 0.262 e. The van der Waals surface area contributed by atoms with Gasteiger partial charge < -0.3 is 0 Å². The van der Waals surface area contributed by atoms with Crippen LogP contribution in [0.4, 0.5) is 0 Å². The molecular weight excluding hydrogens is 268 g/mol. The number of pyridine rings is 1. The highest BCUT2D eigenvalue weighted by Crippen LogP contribution is 2.02. The Labute approximate surface area is 121 Å². The van der Waals surface area contributed by atoms with Crippen molar-refractivity contribution in [3.63, 3.8) is 0 Å². The molecule has 0 aromatic carbocycles. The Balaban J connectivity index is 1.75. The zero-order chi connectivity index (χ0) is 14.8. The summed E-state index contributed by atoms with van der Waals surface area (Å²) in [5.41, 5.74) is 0.432. The van der Waals surface area contributed by atoms with Gasteiger partial charge in [-0.15, -0.1) is 0 Å². The Morgan fingerprint density at radius 2 is 2.05 bits per heavy atom.